The fraction of sp³-hybridized carbons (Fsp3) is 0.500. The largest absolute Gasteiger partial charge is 0.490 e. The van der Waals surface area contributed by atoms with Gasteiger partial charge in [-0.3, -0.25) is 9.59 Å². The van der Waals surface area contributed by atoms with E-state index in [1.54, 1.807) is 7.05 Å². The molecule has 0 saturated heterocycles. The molecule has 0 bridgehead atoms. The second kappa shape index (κ2) is 8.50. The maximum atomic E-state index is 12.4. The third kappa shape index (κ3) is 4.71. The van der Waals surface area contributed by atoms with Crippen molar-refractivity contribution in [3.05, 3.63) is 23.8 Å². The van der Waals surface area contributed by atoms with E-state index < -0.39 is 0 Å². The molecule has 1 aromatic carbocycles. The Morgan fingerprint density at radius 3 is 2.56 bits per heavy atom. The summed E-state index contributed by atoms with van der Waals surface area (Å²) in [5.41, 5.74) is 1.27. The van der Waals surface area contributed by atoms with Crippen molar-refractivity contribution in [1.82, 2.24) is 10.3 Å². The number of hydrogen-bond donors (Lipinski definition) is 1. The van der Waals surface area contributed by atoms with Crippen LogP contribution in [0.25, 0.3) is 0 Å². The lowest BCUT2D eigenvalue weighted by molar-refractivity contribution is -0.130. The van der Waals surface area contributed by atoms with Crippen LogP contribution in [0.2, 0.25) is 0 Å². The van der Waals surface area contributed by atoms with Gasteiger partial charge >= 0.3 is 0 Å². The summed E-state index contributed by atoms with van der Waals surface area (Å²) in [5, 5.41) is 8.17. The number of hydrazone groups is 1. The zero-order valence-electron chi connectivity index (χ0n) is 15.2. The monoisotopic (exact) mass is 347 g/mol. The minimum Gasteiger partial charge on any atom is -0.490 e. The van der Waals surface area contributed by atoms with Crippen LogP contribution < -0.4 is 14.8 Å². The SMILES string of the molecule is CCOc1ccc([C@@H](C)NC(=O)C2=NN(C)C(=O)CC2)cc1OCC. The Morgan fingerprint density at radius 1 is 1.24 bits per heavy atom. The topological polar surface area (TPSA) is 80.2 Å². The molecule has 1 aromatic rings. The molecule has 0 aliphatic carbocycles. The zero-order chi connectivity index (χ0) is 18.4. The Kier molecular flexibility index (Phi) is 6.38. The van der Waals surface area contributed by atoms with Crippen LogP contribution in [0.5, 0.6) is 11.5 Å². The van der Waals surface area contributed by atoms with E-state index in [1.165, 1.54) is 5.01 Å². The van der Waals surface area contributed by atoms with Crippen LogP contribution in [-0.2, 0) is 9.59 Å². The quantitative estimate of drug-likeness (QED) is 0.820. The molecular formula is C18H25N3O4. The molecule has 0 saturated carbocycles. The van der Waals surface area contributed by atoms with Gasteiger partial charge in [0.05, 0.1) is 19.3 Å². The summed E-state index contributed by atoms with van der Waals surface area (Å²) in [6.07, 6.45) is 0.657. The van der Waals surface area contributed by atoms with Crippen LogP contribution in [0.4, 0.5) is 0 Å². The highest BCUT2D eigenvalue weighted by Crippen LogP contribution is 2.30. The number of hydrogen-bond acceptors (Lipinski definition) is 5. The third-order valence-corrected chi connectivity index (χ3v) is 3.88. The lowest BCUT2D eigenvalue weighted by Crippen LogP contribution is -2.38. The van der Waals surface area contributed by atoms with Gasteiger partial charge in [0.2, 0.25) is 5.91 Å². The van der Waals surface area contributed by atoms with Crippen molar-refractivity contribution in [3.8, 4) is 11.5 Å². The van der Waals surface area contributed by atoms with Gasteiger partial charge in [-0.15, -0.1) is 0 Å². The molecule has 1 atom stereocenters. The first-order chi connectivity index (χ1) is 12.0. The van der Waals surface area contributed by atoms with E-state index in [4.69, 9.17) is 9.47 Å². The van der Waals surface area contributed by atoms with E-state index in [0.29, 0.717) is 43.3 Å². The molecule has 0 spiro atoms. The number of amides is 2. The second-order valence-electron chi connectivity index (χ2n) is 5.73. The van der Waals surface area contributed by atoms with Crippen LogP contribution in [0.3, 0.4) is 0 Å². The Labute approximate surface area is 148 Å². The highest BCUT2D eigenvalue weighted by Gasteiger charge is 2.23. The van der Waals surface area contributed by atoms with Crippen molar-refractivity contribution >= 4 is 17.5 Å². The Hall–Kier alpha value is -2.57. The molecule has 0 aromatic heterocycles. The molecule has 7 nitrogen and oxygen atoms in total. The van der Waals surface area contributed by atoms with Crippen molar-refractivity contribution in [1.29, 1.82) is 0 Å². The molecule has 0 radical (unpaired) electrons. The lowest BCUT2D eigenvalue weighted by Gasteiger charge is -2.21. The lowest BCUT2D eigenvalue weighted by atomic mass is 10.1. The standard InChI is InChI=1S/C18H25N3O4/c1-5-24-15-9-7-13(11-16(15)25-6-2)12(3)19-18(23)14-8-10-17(22)21(4)20-14/h7,9,11-12H,5-6,8,10H2,1-4H3,(H,19,23)/t12-/m1/s1. The Morgan fingerprint density at radius 2 is 1.92 bits per heavy atom. The van der Waals surface area contributed by atoms with Gasteiger partial charge < -0.3 is 14.8 Å². The third-order valence-electron chi connectivity index (χ3n) is 3.88. The van der Waals surface area contributed by atoms with Crippen LogP contribution in [0.1, 0.15) is 45.2 Å². The molecule has 1 N–H and O–H groups in total. The van der Waals surface area contributed by atoms with Gasteiger partial charge in [-0.2, -0.15) is 5.10 Å². The predicted molar refractivity (Wildman–Crippen MR) is 94.8 cm³/mol. The Balaban J connectivity index is 2.11. The highest BCUT2D eigenvalue weighted by molar-refractivity contribution is 6.39. The average molecular weight is 347 g/mol. The number of nitrogens with one attached hydrogen (secondary N) is 1. The smallest absolute Gasteiger partial charge is 0.267 e. The van der Waals surface area contributed by atoms with Crippen molar-refractivity contribution in [3.63, 3.8) is 0 Å². The normalized spacial score (nSPS) is 15.4. The zero-order valence-corrected chi connectivity index (χ0v) is 15.2. The maximum absolute atomic E-state index is 12.4. The number of ether oxygens (including phenoxy) is 2. The van der Waals surface area contributed by atoms with Gasteiger partial charge in [0.15, 0.2) is 11.5 Å². The molecule has 2 rings (SSSR count). The molecule has 2 amide bonds. The number of carbonyl (C=O) groups is 2. The molecule has 136 valence electrons. The van der Waals surface area contributed by atoms with Gasteiger partial charge in [0.25, 0.3) is 5.91 Å². The van der Waals surface area contributed by atoms with Crippen molar-refractivity contribution in [2.45, 2.75) is 39.7 Å². The molecule has 1 aliphatic heterocycles. The number of rotatable bonds is 7. The first-order valence-electron chi connectivity index (χ1n) is 8.50. The summed E-state index contributed by atoms with van der Waals surface area (Å²) >= 11 is 0. The molecular weight excluding hydrogens is 322 g/mol. The molecule has 0 unspecified atom stereocenters. The predicted octanol–water partition coefficient (Wildman–Crippen LogP) is 2.27. The van der Waals surface area contributed by atoms with E-state index >= 15 is 0 Å². The van der Waals surface area contributed by atoms with Crippen molar-refractivity contribution < 1.29 is 19.1 Å². The van der Waals surface area contributed by atoms with Gasteiger partial charge in [-0.05, 0) is 38.5 Å². The minimum absolute atomic E-state index is 0.0857. The van der Waals surface area contributed by atoms with Crippen LogP contribution in [-0.4, -0.2) is 42.8 Å². The first-order valence-corrected chi connectivity index (χ1v) is 8.50. The van der Waals surface area contributed by atoms with Crippen LogP contribution in [0.15, 0.2) is 23.3 Å². The Bertz CT molecular complexity index is 672. The van der Waals surface area contributed by atoms with Gasteiger partial charge in [0.1, 0.15) is 5.71 Å². The fourth-order valence-corrected chi connectivity index (χ4v) is 2.53. The maximum Gasteiger partial charge on any atom is 0.267 e. The minimum atomic E-state index is -0.265. The van der Waals surface area contributed by atoms with Gasteiger partial charge in [-0.25, -0.2) is 5.01 Å². The van der Waals surface area contributed by atoms with Gasteiger partial charge in [-0.1, -0.05) is 6.07 Å². The molecule has 1 aliphatic rings. The van der Waals surface area contributed by atoms with E-state index in [-0.39, 0.29) is 17.9 Å². The number of benzene rings is 1. The summed E-state index contributed by atoms with van der Waals surface area (Å²) in [6.45, 7) is 6.80. The van der Waals surface area contributed by atoms with E-state index in [9.17, 15) is 9.59 Å². The summed E-state index contributed by atoms with van der Waals surface area (Å²) in [6, 6.07) is 5.39. The second-order valence-corrected chi connectivity index (χ2v) is 5.73. The summed E-state index contributed by atoms with van der Waals surface area (Å²) < 4.78 is 11.2. The number of carbonyl (C=O) groups excluding carboxylic acids is 2. The van der Waals surface area contributed by atoms with Crippen molar-refractivity contribution in [2.24, 2.45) is 5.10 Å². The van der Waals surface area contributed by atoms with E-state index in [2.05, 4.69) is 10.4 Å². The fourth-order valence-electron chi connectivity index (χ4n) is 2.53. The van der Waals surface area contributed by atoms with Crippen LogP contribution in [0, 0.1) is 0 Å². The van der Waals surface area contributed by atoms with Crippen molar-refractivity contribution in [2.75, 3.05) is 20.3 Å². The van der Waals surface area contributed by atoms with E-state index in [1.807, 2.05) is 39.0 Å². The van der Waals surface area contributed by atoms with Crippen LogP contribution >= 0.6 is 0 Å². The highest BCUT2D eigenvalue weighted by atomic mass is 16.5. The first kappa shape index (κ1) is 18.8. The average Bonchev–Trinajstić information content (AvgIpc) is 2.59. The number of nitrogens with zero attached hydrogens (tertiary/aromatic N) is 2. The summed E-state index contributed by atoms with van der Waals surface area (Å²) in [4.78, 5) is 23.8. The summed E-state index contributed by atoms with van der Waals surface area (Å²) in [7, 11) is 1.55. The van der Waals surface area contributed by atoms with E-state index in [0.717, 1.165) is 5.56 Å². The van der Waals surface area contributed by atoms with Gasteiger partial charge in [0, 0.05) is 19.9 Å². The molecule has 25 heavy (non-hydrogen) atoms. The summed E-state index contributed by atoms with van der Waals surface area (Å²) in [5.74, 6) is 0.989. The molecule has 0 fully saturated rings. The molecule has 1 heterocycles. The molecule has 7 heteroatoms.